The minimum Gasteiger partial charge on any atom is -0.470 e. The fraction of sp³-hybridized carbons (Fsp3) is 0.389. The fourth-order valence-electron chi connectivity index (χ4n) is 1.76. The molecule has 0 unspecified atom stereocenters. The summed E-state index contributed by atoms with van der Waals surface area (Å²) in [7, 11) is 0. The maximum absolute atomic E-state index is 10.5. The molecule has 0 saturated carbocycles. The quantitative estimate of drug-likeness (QED) is 0.0685. The van der Waals surface area contributed by atoms with Crippen molar-refractivity contribution in [1.82, 2.24) is 0 Å². The van der Waals surface area contributed by atoms with E-state index in [0.29, 0.717) is 0 Å². The Morgan fingerprint density at radius 3 is 0.611 bits per heavy atom. The maximum atomic E-state index is 10.5. The zero-order valence-electron chi connectivity index (χ0n) is 16.6. The van der Waals surface area contributed by atoms with Crippen LogP contribution in [-0.4, -0.2) is 54.4 Å². The number of hydrogen-bond donors (Lipinski definition) is 4. The van der Waals surface area contributed by atoms with Gasteiger partial charge in [0.15, 0.2) is 0 Å². The Bertz CT molecular complexity index is 627. The monoisotopic (exact) mass is 675 g/mol. The van der Waals surface area contributed by atoms with E-state index in [2.05, 4.69) is 41.9 Å². The van der Waals surface area contributed by atoms with Gasteiger partial charge in [0.2, 0.25) is 0 Å². The standard InChI is InChI=1S/2C5O6.CH6N2.CH5N2.4CH4.2CH3.2Y/c2*6-1-5(2(7)10-1)3(8)11-4(5)9;2*2-1-3;;;;;;;;/h;;1-3H2;1H,2-3H2;4*1H4;2*1H3;;/q;;;-1;;;;;2*-1;;. The smallest absolute Gasteiger partial charge is 0.357 e. The summed E-state index contributed by atoms with van der Waals surface area (Å²) in [5.74, 6) is -9.08. The summed E-state index contributed by atoms with van der Waals surface area (Å²) >= 11 is 0. The van der Waals surface area contributed by atoms with E-state index >= 15 is 0 Å². The van der Waals surface area contributed by atoms with E-state index in [1.165, 1.54) is 0 Å². The molecule has 36 heavy (non-hydrogen) atoms. The van der Waals surface area contributed by atoms with Gasteiger partial charge in [0, 0.05) is 72.1 Å². The molecule has 18 heteroatoms. The van der Waals surface area contributed by atoms with Gasteiger partial charge in [-0.25, -0.2) is 45.0 Å². The molecule has 0 amide bonds. The third kappa shape index (κ3) is 8.31. The van der Waals surface area contributed by atoms with Crippen molar-refractivity contribution >= 4 is 47.8 Å². The molecule has 0 aromatic carbocycles. The zero-order valence-corrected chi connectivity index (χ0v) is 22.3. The van der Waals surface area contributed by atoms with Crippen LogP contribution < -0.4 is 22.9 Å². The van der Waals surface area contributed by atoms with E-state index in [9.17, 15) is 38.4 Å². The van der Waals surface area contributed by atoms with Gasteiger partial charge < -0.3 is 56.7 Å². The van der Waals surface area contributed by atoms with Gasteiger partial charge in [-0.15, -0.1) is 0 Å². The van der Waals surface area contributed by atoms with Gasteiger partial charge >= 0.3 is 58.6 Å². The summed E-state index contributed by atoms with van der Waals surface area (Å²) < 4.78 is 15.4. The van der Waals surface area contributed by atoms with Gasteiger partial charge in [-0.3, -0.25) is 0 Å². The number of carbonyl (C=O) groups is 8. The molecule has 4 rings (SSSR count). The Hall–Kier alpha value is -1.39. The van der Waals surface area contributed by atoms with Crippen LogP contribution in [0.25, 0.3) is 0 Å². The van der Waals surface area contributed by atoms with Crippen LogP contribution in [0.5, 0.6) is 0 Å². The largest absolute Gasteiger partial charge is 0.470 e. The van der Waals surface area contributed by atoms with Crippen molar-refractivity contribution in [3.63, 3.8) is 0 Å². The van der Waals surface area contributed by atoms with E-state index in [4.69, 9.17) is 0 Å². The minimum atomic E-state index is -2.22. The number of nitrogens with two attached hydrogens (primary N) is 4. The van der Waals surface area contributed by atoms with Crippen LogP contribution in [0.2, 0.25) is 0 Å². The molecule has 4 fully saturated rings. The maximum Gasteiger partial charge on any atom is 0.357 e. The first kappa shape index (κ1) is 55.2. The molecule has 0 aromatic rings. The summed E-state index contributed by atoms with van der Waals surface area (Å²) in [6.07, 6.45) is 0. The summed E-state index contributed by atoms with van der Waals surface area (Å²) in [6.45, 7) is 1.25. The van der Waals surface area contributed by atoms with Gasteiger partial charge in [-0.2, -0.15) is 0 Å². The molecule has 0 bridgehead atoms. The number of esters is 8. The molecule has 4 aliphatic heterocycles. The van der Waals surface area contributed by atoms with Crippen molar-refractivity contribution < 1.29 is 123 Å². The van der Waals surface area contributed by atoms with Crippen molar-refractivity contribution in [2.45, 2.75) is 29.7 Å². The Morgan fingerprint density at radius 1 is 0.500 bits per heavy atom. The second-order valence-electron chi connectivity index (χ2n) is 4.64. The van der Waals surface area contributed by atoms with Crippen LogP contribution in [-0.2, 0) is 123 Å². The number of cyclic esters (lactones) is 8. The van der Waals surface area contributed by atoms with Gasteiger partial charge in [-0.05, 0) is 0 Å². The molecular formula is C18H33N4O12Y2-3. The molecule has 2 spiro atoms. The minimum absolute atomic E-state index is 0. The van der Waals surface area contributed by atoms with Crippen molar-refractivity contribution in [3.05, 3.63) is 21.5 Å². The molecule has 0 atom stereocenters. The second-order valence-corrected chi connectivity index (χ2v) is 4.64. The van der Waals surface area contributed by atoms with Crippen molar-refractivity contribution in [3.8, 4) is 0 Å². The van der Waals surface area contributed by atoms with Gasteiger partial charge in [-0.1, -0.05) is 29.7 Å². The van der Waals surface area contributed by atoms with Crippen LogP contribution >= 0.6 is 0 Å². The molecule has 4 aliphatic rings. The Kier molecular flexibility index (Phi) is 33.2. The van der Waals surface area contributed by atoms with E-state index in [0.717, 1.165) is 6.67 Å². The number of rotatable bonds is 0. The third-order valence-corrected chi connectivity index (χ3v) is 3.19. The van der Waals surface area contributed by atoms with Crippen molar-refractivity contribution in [2.24, 2.45) is 33.8 Å². The Morgan fingerprint density at radius 2 is 0.583 bits per heavy atom. The first-order valence-electron chi connectivity index (χ1n) is 6.75. The molecule has 16 nitrogen and oxygen atoms in total. The zero-order chi connectivity index (χ0) is 21.9. The van der Waals surface area contributed by atoms with E-state index < -0.39 is 58.6 Å². The van der Waals surface area contributed by atoms with E-state index in [1.54, 1.807) is 0 Å². The molecule has 0 aromatic heterocycles. The molecule has 2 radical (unpaired) electrons. The predicted molar refractivity (Wildman–Crippen MR) is 115 cm³/mol. The molecule has 4 heterocycles. The van der Waals surface area contributed by atoms with Crippen LogP contribution in [0.15, 0.2) is 0 Å². The topological polar surface area (TPSA) is 278 Å². The van der Waals surface area contributed by atoms with Crippen molar-refractivity contribution in [2.75, 3.05) is 6.67 Å². The Balaban J connectivity index is -0.0000000505. The third-order valence-electron chi connectivity index (χ3n) is 3.19. The SMILES string of the molecule is C.C.C.C.NCN.N[CH-]N.O=C1OC(=O)C12C(=O)OC2=O.O=C1OC(=O)C12C(=O)OC2=O.[CH3-].[CH3-].[Y].[Y]. The summed E-state index contributed by atoms with van der Waals surface area (Å²) in [5.41, 5.74) is 13.8. The normalized spacial score (nSPS) is 16.6. The average Bonchev–Trinajstić information content (AvgIpc) is 2.55. The number of ether oxygens (including phenoxy) is 4. The van der Waals surface area contributed by atoms with Gasteiger partial charge in [0.05, 0.1) is 0 Å². The van der Waals surface area contributed by atoms with E-state index in [-0.39, 0.29) is 117 Å². The molecule has 206 valence electrons. The Labute approximate surface area is 260 Å². The van der Waals surface area contributed by atoms with Gasteiger partial charge in [0.25, 0.3) is 0 Å². The summed E-state index contributed by atoms with van der Waals surface area (Å²) in [5, 5.41) is 0. The average molecular weight is 675 g/mol. The molecule has 8 N–H and O–H groups in total. The van der Waals surface area contributed by atoms with Crippen LogP contribution in [0.3, 0.4) is 0 Å². The van der Waals surface area contributed by atoms with Crippen LogP contribution in [0.1, 0.15) is 29.7 Å². The number of hydrogen-bond acceptors (Lipinski definition) is 16. The number of carbonyl (C=O) groups excluding carboxylic acids is 8. The van der Waals surface area contributed by atoms with Crippen LogP contribution in [0, 0.1) is 32.4 Å². The second kappa shape index (κ2) is 21.7. The van der Waals surface area contributed by atoms with E-state index in [1.807, 2.05) is 0 Å². The summed E-state index contributed by atoms with van der Waals surface area (Å²) in [6, 6.07) is 0. The summed E-state index contributed by atoms with van der Waals surface area (Å²) in [4.78, 5) is 84.0. The first-order valence-corrected chi connectivity index (χ1v) is 6.75. The van der Waals surface area contributed by atoms with Crippen molar-refractivity contribution in [1.29, 1.82) is 0 Å². The predicted octanol–water partition coefficient (Wildman–Crippen LogP) is -2.40. The molecule has 4 saturated heterocycles. The molecular weight excluding hydrogens is 642 g/mol. The fourth-order valence-corrected chi connectivity index (χ4v) is 1.76. The molecule has 0 aliphatic carbocycles. The van der Waals surface area contributed by atoms with Crippen LogP contribution in [0.4, 0.5) is 0 Å². The van der Waals surface area contributed by atoms with Gasteiger partial charge in [0.1, 0.15) is 0 Å². The first-order chi connectivity index (χ1) is 13.0.